The molecule has 1 saturated heterocycles. The number of hydrogen-bond acceptors (Lipinski definition) is 6. The van der Waals surface area contributed by atoms with Crippen LogP contribution in [0.3, 0.4) is 0 Å². The van der Waals surface area contributed by atoms with Crippen LogP contribution >= 0.6 is 24.2 Å². The molecular formula is C16H17ClFN5S. The summed E-state index contributed by atoms with van der Waals surface area (Å²) in [7, 11) is 0. The number of aliphatic imine (C=N–C) groups is 1. The van der Waals surface area contributed by atoms with Crippen molar-refractivity contribution in [2.24, 2.45) is 16.6 Å². The largest absolute Gasteiger partial charge is 0.379 e. The second-order valence-corrected chi connectivity index (χ2v) is 6.87. The van der Waals surface area contributed by atoms with E-state index >= 15 is 0 Å². The van der Waals surface area contributed by atoms with E-state index in [1.807, 2.05) is 18.2 Å². The monoisotopic (exact) mass is 365 g/mol. The lowest BCUT2D eigenvalue weighted by atomic mass is 9.82. The van der Waals surface area contributed by atoms with Crippen LogP contribution in [0, 0.1) is 11.7 Å². The van der Waals surface area contributed by atoms with Gasteiger partial charge in [0.1, 0.15) is 5.54 Å². The third-order valence-electron chi connectivity index (χ3n) is 4.45. The quantitative estimate of drug-likeness (QED) is 0.885. The fraction of sp³-hybridized carbons (Fsp3) is 0.312. The molecule has 0 aliphatic carbocycles. The van der Waals surface area contributed by atoms with E-state index < -0.39 is 5.82 Å². The van der Waals surface area contributed by atoms with Crippen molar-refractivity contribution in [1.29, 1.82) is 0 Å². The van der Waals surface area contributed by atoms with E-state index in [1.165, 1.54) is 12.4 Å². The lowest BCUT2D eigenvalue weighted by Crippen LogP contribution is -2.40. The first kappa shape index (κ1) is 17.0. The van der Waals surface area contributed by atoms with E-state index in [-0.39, 0.29) is 17.9 Å². The predicted octanol–water partition coefficient (Wildman–Crippen LogP) is 2.43. The molecule has 0 radical (unpaired) electrons. The van der Waals surface area contributed by atoms with Gasteiger partial charge in [0.25, 0.3) is 0 Å². The van der Waals surface area contributed by atoms with Crippen molar-refractivity contribution in [3.63, 3.8) is 0 Å². The van der Waals surface area contributed by atoms with Crippen molar-refractivity contribution in [3.05, 3.63) is 54.1 Å². The number of aromatic nitrogens is 2. The number of rotatable bonds is 2. The van der Waals surface area contributed by atoms with E-state index in [1.54, 1.807) is 11.8 Å². The molecule has 2 N–H and O–H groups in total. The molecule has 0 spiro atoms. The number of nitrogens with zero attached hydrogens (tertiary/aromatic N) is 4. The summed E-state index contributed by atoms with van der Waals surface area (Å²) in [6.45, 7) is 1.43. The molecule has 2 aromatic rings. The Balaban J connectivity index is 0.00000169. The van der Waals surface area contributed by atoms with Crippen LogP contribution in [0.1, 0.15) is 5.56 Å². The molecule has 2 atom stereocenters. The summed E-state index contributed by atoms with van der Waals surface area (Å²) < 4.78 is 13.1. The summed E-state index contributed by atoms with van der Waals surface area (Å²) in [4.78, 5) is 15.1. The minimum Gasteiger partial charge on any atom is -0.379 e. The molecule has 1 fully saturated rings. The first-order chi connectivity index (χ1) is 11.2. The van der Waals surface area contributed by atoms with Gasteiger partial charge in [0.05, 0.1) is 18.9 Å². The Hall–Kier alpha value is -1.86. The van der Waals surface area contributed by atoms with Crippen molar-refractivity contribution in [2.75, 3.05) is 23.7 Å². The topological polar surface area (TPSA) is 67.4 Å². The predicted molar refractivity (Wildman–Crippen MR) is 97.1 cm³/mol. The number of benzene rings is 1. The van der Waals surface area contributed by atoms with Gasteiger partial charge in [-0.1, -0.05) is 42.1 Å². The molecule has 1 unspecified atom stereocenters. The summed E-state index contributed by atoms with van der Waals surface area (Å²) in [5.74, 6) is 1.33. The number of nitrogens with two attached hydrogens (primary N) is 1. The SMILES string of the molecule is Cl.NC1=NC2(c3ccccc3)CN(c3ncc(F)cn3)C[C@H]2CS1. The van der Waals surface area contributed by atoms with Gasteiger partial charge in [0, 0.05) is 18.2 Å². The maximum Gasteiger partial charge on any atom is 0.225 e. The highest BCUT2D eigenvalue weighted by Crippen LogP contribution is 2.45. The minimum atomic E-state index is -0.430. The molecule has 4 rings (SSSR count). The number of hydrogen-bond donors (Lipinski definition) is 1. The molecule has 8 heteroatoms. The Morgan fingerprint density at radius 3 is 2.62 bits per heavy atom. The highest BCUT2D eigenvalue weighted by atomic mass is 35.5. The average Bonchev–Trinajstić information content (AvgIpc) is 2.96. The number of thioether (sulfide) groups is 1. The molecule has 2 aliphatic heterocycles. The molecule has 1 aromatic heterocycles. The zero-order valence-corrected chi connectivity index (χ0v) is 14.4. The van der Waals surface area contributed by atoms with E-state index in [9.17, 15) is 4.39 Å². The van der Waals surface area contributed by atoms with Crippen LogP contribution < -0.4 is 10.6 Å². The van der Waals surface area contributed by atoms with Gasteiger partial charge >= 0.3 is 0 Å². The Morgan fingerprint density at radius 2 is 1.92 bits per heavy atom. The van der Waals surface area contributed by atoms with Crippen molar-refractivity contribution < 1.29 is 4.39 Å². The Morgan fingerprint density at radius 1 is 1.21 bits per heavy atom. The van der Waals surface area contributed by atoms with Gasteiger partial charge in [-0.05, 0) is 5.56 Å². The van der Waals surface area contributed by atoms with E-state index in [0.29, 0.717) is 23.6 Å². The zero-order valence-electron chi connectivity index (χ0n) is 12.8. The molecule has 0 saturated carbocycles. The van der Waals surface area contributed by atoms with Gasteiger partial charge in [-0.2, -0.15) is 0 Å². The van der Waals surface area contributed by atoms with Crippen LogP contribution in [0.5, 0.6) is 0 Å². The highest BCUT2D eigenvalue weighted by Gasteiger charge is 2.50. The molecule has 0 amide bonds. The Kier molecular flexibility index (Phi) is 4.64. The Labute approximate surface area is 150 Å². The third-order valence-corrected chi connectivity index (χ3v) is 5.41. The molecular weight excluding hydrogens is 349 g/mol. The Bertz CT molecular complexity index is 742. The standard InChI is InChI=1S/C16H16FN5S.ClH/c17-13-6-19-15(20-7-13)22-8-12-9-23-14(18)21-16(12,10-22)11-4-2-1-3-5-11;/h1-7,12H,8-10H2,(H2,18,21);1H/t12-,16?;/m0./s1. The van der Waals surface area contributed by atoms with Crippen LogP contribution in [-0.2, 0) is 5.54 Å². The number of halogens is 2. The summed E-state index contributed by atoms with van der Waals surface area (Å²) in [6, 6.07) is 10.2. The second kappa shape index (κ2) is 6.57. The molecule has 2 aliphatic rings. The number of fused-ring (bicyclic) bond motifs is 1. The smallest absolute Gasteiger partial charge is 0.225 e. The molecule has 0 bridgehead atoms. The first-order valence-electron chi connectivity index (χ1n) is 7.43. The van der Waals surface area contributed by atoms with Gasteiger partial charge < -0.3 is 10.6 Å². The zero-order chi connectivity index (χ0) is 15.9. The van der Waals surface area contributed by atoms with Gasteiger partial charge in [-0.15, -0.1) is 12.4 Å². The van der Waals surface area contributed by atoms with Crippen LogP contribution in [0.25, 0.3) is 0 Å². The number of anilines is 1. The van der Waals surface area contributed by atoms with E-state index in [0.717, 1.165) is 17.9 Å². The van der Waals surface area contributed by atoms with Crippen molar-refractivity contribution in [2.45, 2.75) is 5.54 Å². The van der Waals surface area contributed by atoms with Crippen LogP contribution in [0.2, 0.25) is 0 Å². The molecule has 126 valence electrons. The minimum absolute atomic E-state index is 0. The third kappa shape index (κ3) is 2.82. The fourth-order valence-electron chi connectivity index (χ4n) is 3.37. The molecule has 24 heavy (non-hydrogen) atoms. The molecule has 3 heterocycles. The number of amidine groups is 1. The lowest BCUT2D eigenvalue weighted by Gasteiger charge is -2.34. The maximum atomic E-state index is 13.1. The first-order valence-corrected chi connectivity index (χ1v) is 8.42. The van der Waals surface area contributed by atoms with Crippen LogP contribution in [0.15, 0.2) is 47.7 Å². The van der Waals surface area contributed by atoms with Crippen molar-refractivity contribution in [3.8, 4) is 0 Å². The van der Waals surface area contributed by atoms with Crippen molar-refractivity contribution >= 4 is 35.3 Å². The van der Waals surface area contributed by atoms with Gasteiger partial charge in [-0.25, -0.2) is 19.4 Å². The average molecular weight is 366 g/mol. The molecule has 5 nitrogen and oxygen atoms in total. The fourth-order valence-corrected chi connectivity index (χ4v) is 4.35. The van der Waals surface area contributed by atoms with E-state index in [4.69, 9.17) is 10.7 Å². The van der Waals surface area contributed by atoms with Gasteiger partial charge in [-0.3, -0.25) is 0 Å². The summed E-state index contributed by atoms with van der Waals surface area (Å²) in [6.07, 6.45) is 2.40. The summed E-state index contributed by atoms with van der Waals surface area (Å²) >= 11 is 1.59. The van der Waals surface area contributed by atoms with Crippen molar-refractivity contribution in [1.82, 2.24) is 9.97 Å². The maximum absolute atomic E-state index is 13.1. The van der Waals surface area contributed by atoms with Crippen LogP contribution in [0.4, 0.5) is 10.3 Å². The lowest BCUT2D eigenvalue weighted by molar-refractivity contribution is 0.387. The van der Waals surface area contributed by atoms with Gasteiger partial charge in [0.2, 0.25) is 5.95 Å². The van der Waals surface area contributed by atoms with E-state index in [2.05, 4.69) is 27.0 Å². The summed E-state index contributed by atoms with van der Waals surface area (Å²) in [5, 5.41) is 0.618. The highest BCUT2D eigenvalue weighted by molar-refractivity contribution is 8.13. The normalized spacial score (nSPS) is 25.6. The van der Waals surface area contributed by atoms with Crippen LogP contribution in [-0.4, -0.2) is 34.0 Å². The van der Waals surface area contributed by atoms with Gasteiger partial charge in [0.15, 0.2) is 11.0 Å². The second-order valence-electron chi connectivity index (χ2n) is 5.83. The molecule has 1 aromatic carbocycles. The summed E-state index contributed by atoms with van der Waals surface area (Å²) in [5.41, 5.74) is 6.80.